The number of rotatable bonds is 7. The van der Waals surface area contributed by atoms with Gasteiger partial charge in [0, 0.05) is 25.7 Å². The Kier molecular flexibility index (Phi) is 7.87. The summed E-state index contributed by atoms with van der Waals surface area (Å²) in [6, 6.07) is 0.0170. The van der Waals surface area contributed by atoms with Gasteiger partial charge in [0.25, 0.3) is 0 Å². The highest BCUT2D eigenvalue weighted by Gasteiger charge is 2.29. The molecule has 0 aromatic carbocycles. The summed E-state index contributed by atoms with van der Waals surface area (Å²) in [5, 5.41) is 21.7. The van der Waals surface area contributed by atoms with Gasteiger partial charge in [-0.05, 0) is 32.1 Å². The van der Waals surface area contributed by atoms with E-state index in [1.165, 1.54) is 0 Å². The van der Waals surface area contributed by atoms with Crippen molar-refractivity contribution < 1.29 is 19.7 Å². The summed E-state index contributed by atoms with van der Waals surface area (Å²) in [6.45, 7) is 6.38. The highest BCUT2D eigenvalue weighted by atomic mass is 16.5. The molecule has 3 unspecified atom stereocenters. The maximum atomic E-state index is 11.5. The Morgan fingerprint density at radius 3 is 2.80 bits per heavy atom. The molecule has 1 aliphatic heterocycles. The van der Waals surface area contributed by atoms with Gasteiger partial charge < -0.3 is 20.3 Å². The van der Waals surface area contributed by atoms with Crippen LogP contribution in [0, 0.1) is 5.92 Å². The zero-order chi connectivity index (χ0) is 15.0. The second kappa shape index (κ2) is 9.15. The van der Waals surface area contributed by atoms with E-state index in [2.05, 4.69) is 10.2 Å². The first-order valence-corrected chi connectivity index (χ1v) is 7.53. The van der Waals surface area contributed by atoms with Gasteiger partial charge in [-0.3, -0.25) is 4.90 Å². The number of carbonyl (C=O) groups is 1. The number of hydrogen-bond donors (Lipinski definition) is 3. The summed E-state index contributed by atoms with van der Waals surface area (Å²) in [6.07, 6.45) is 1.64. The van der Waals surface area contributed by atoms with Crippen molar-refractivity contribution in [3.63, 3.8) is 0 Å². The third-order valence-corrected chi connectivity index (χ3v) is 3.70. The van der Waals surface area contributed by atoms with Crippen LogP contribution in [0.5, 0.6) is 0 Å². The minimum absolute atomic E-state index is 0.0170. The van der Waals surface area contributed by atoms with E-state index in [9.17, 15) is 9.90 Å². The van der Waals surface area contributed by atoms with Crippen molar-refractivity contribution in [2.75, 3.05) is 32.8 Å². The molecule has 1 amide bonds. The van der Waals surface area contributed by atoms with Crippen LogP contribution in [0.3, 0.4) is 0 Å². The first kappa shape index (κ1) is 17.2. The smallest absolute Gasteiger partial charge is 0.407 e. The van der Waals surface area contributed by atoms with E-state index >= 15 is 0 Å². The van der Waals surface area contributed by atoms with Crippen molar-refractivity contribution in [2.24, 2.45) is 5.92 Å². The van der Waals surface area contributed by atoms with Gasteiger partial charge in [0.05, 0.1) is 19.3 Å². The number of amides is 1. The van der Waals surface area contributed by atoms with Crippen LogP contribution >= 0.6 is 0 Å². The number of aliphatic hydroxyl groups excluding tert-OH is 2. The van der Waals surface area contributed by atoms with Crippen LogP contribution in [-0.2, 0) is 4.74 Å². The molecule has 1 fully saturated rings. The Bertz CT molecular complexity index is 288. The van der Waals surface area contributed by atoms with Gasteiger partial charge in [0.15, 0.2) is 0 Å². The molecule has 0 aromatic rings. The number of ether oxygens (including phenoxy) is 1. The van der Waals surface area contributed by atoms with E-state index in [1.54, 1.807) is 6.92 Å². The van der Waals surface area contributed by atoms with E-state index in [0.29, 0.717) is 19.1 Å². The number of hydrogen-bond acceptors (Lipinski definition) is 5. The van der Waals surface area contributed by atoms with E-state index in [1.807, 2.05) is 6.92 Å². The molecular formula is C14H28N2O4. The molecule has 1 saturated heterocycles. The summed E-state index contributed by atoms with van der Waals surface area (Å²) in [5.41, 5.74) is 0. The van der Waals surface area contributed by atoms with Gasteiger partial charge in [0.2, 0.25) is 0 Å². The highest BCUT2D eigenvalue weighted by molar-refractivity contribution is 5.67. The molecule has 1 heterocycles. The molecule has 0 aliphatic carbocycles. The van der Waals surface area contributed by atoms with Crippen molar-refractivity contribution in [3.05, 3.63) is 0 Å². The fourth-order valence-corrected chi connectivity index (χ4v) is 2.79. The van der Waals surface area contributed by atoms with Crippen molar-refractivity contribution in [3.8, 4) is 0 Å². The molecule has 118 valence electrons. The Balaban J connectivity index is 2.53. The molecule has 0 bridgehead atoms. The summed E-state index contributed by atoms with van der Waals surface area (Å²) in [5.74, 6) is 0.331. The Hall–Kier alpha value is -0.850. The van der Waals surface area contributed by atoms with Gasteiger partial charge in [-0.25, -0.2) is 4.79 Å². The summed E-state index contributed by atoms with van der Waals surface area (Å²) in [4.78, 5) is 13.6. The van der Waals surface area contributed by atoms with Gasteiger partial charge >= 0.3 is 6.09 Å². The molecule has 1 aliphatic rings. The lowest BCUT2D eigenvalue weighted by atomic mass is 9.89. The largest absolute Gasteiger partial charge is 0.450 e. The Morgan fingerprint density at radius 1 is 1.45 bits per heavy atom. The number of carbonyl (C=O) groups excluding carboxylic acids is 1. The van der Waals surface area contributed by atoms with Crippen molar-refractivity contribution in [1.29, 1.82) is 0 Å². The average Bonchev–Trinajstić information content (AvgIpc) is 2.38. The van der Waals surface area contributed by atoms with Crippen molar-refractivity contribution >= 4 is 6.09 Å². The fourth-order valence-electron chi connectivity index (χ4n) is 2.79. The number of β-amino-alcohol motifs (C(OH)–C–C–N with tert-alkyl or cyclic N) is 1. The highest BCUT2D eigenvalue weighted by Crippen LogP contribution is 2.22. The molecule has 20 heavy (non-hydrogen) atoms. The second-order valence-corrected chi connectivity index (χ2v) is 5.44. The number of alkyl carbamates (subject to hydrolysis) is 1. The molecule has 6 nitrogen and oxygen atoms in total. The first-order chi connectivity index (χ1) is 9.58. The van der Waals surface area contributed by atoms with Gasteiger partial charge in [-0.15, -0.1) is 0 Å². The number of likely N-dealkylation sites (tertiary alicyclic amines) is 1. The zero-order valence-electron chi connectivity index (χ0n) is 12.5. The normalized spacial score (nSPS) is 25.2. The molecule has 0 radical (unpaired) electrons. The summed E-state index contributed by atoms with van der Waals surface area (Å²) < 4.78 is 4.91. The third-order valence-electron chi connectivity index (χ3n) is 3.70. The van der Waals surface area contributed by atoms with Crippen LogP contribution in [0.1, 0.15) is 33.1 Å². The van der Waals surface area contributed by atoms with Gasteiger partial charge in [0.1, 0.15) is 0 Å². The lowest BCUT2D eigenvalue weighted by Crippen LogP contribution is -2.52. The Morgan fingerprint density at radius 2 is 2.20 bits per heavy atom. The molecule has 0 spiro atoms. The predicted molar refractivity (Wildman–Crippen MR) is 76.5 cm³/mol. The first-order valence-electron chi connectivity index (χ1n) is 7.53. The standard InChI is InChI=1S/C14H28N2O4/c1-3-13(18)8-11-7-12(15-14(19)20-4-2)10-16(9-11)5-6-17/h11-13,17-18H,3-10H2,1-2H3,(H,15,19). The predicted octanol–water partition coefficient (Wildman–Crippen LogP) is 0.576. The van der Waals surface area contributed by atoms with E-state index in [-0.39, 0.29) is 18.8 Å². The Labute approximate surface area is 121 Å². The van der Waals surface area contributed by atoms with Crippen LogP contribution in [-0.4, -0.2) is 66.2 Å². The molecule has 1 rings (SSSR count). The van der Waals surface area contributed by atoms with Gasteiger partial charge in [-0.1, -0.05) is 6.92 Å². The fraction of sp³-hybridized carbons (Fsp3) is 0.929. The average molecular weight is 288 g/mol. The minimum atomic E-state index is -0.391. The molecule has 6 heteroatoms. The lowest BCUT2D eigenvalue weighted by molar-refractivity contribution is 0.0718. The molecule has 3 atom stereocenters. The van der Waals surface area contributed by atoms with Crippen molar-refractivity contribution in [2.45, 2.75) is 45.3 Å². The maximum Gasteiger partial charge on any atom is 0.407 e. The molecule has 0 saturated carbocycles. The van der Waals surface area contributed by atoms with Crippen LogP contribution < -0.4 is 5.32 Å². The third kappa shape index (κ3) is 6.07. The number of nitrogens with zero attached hydrogens (tertiary/aromatic N) is 1. The number of nitrogens with one attached hydrogen (secondary N) is 1. The number of piperidine rings is 1. The lowest BCUT2D eigenvalue weighted by Gasteiger charge is -2.38. The van der Waals surface area contributed by atoms with Gasteiger partial charge in [-0.2, -0.15) is 0 Å². The molecular weight excluding hydrogens is 260 g/mol. The van der Waals surface area contributed by atoms with E-state index in [4.69, 9.17) is 9.84 Å². The summed E-state index contributed by atoms with van der Waals surface area (Å²) >= 11 is 0. The van der Waals surface area contributed by atoms with E-state index < -0.39 is 6.09 Å². The van der Waals surface area contributed by atoms with Crippen LogP contribution in [0.15, 0.2) is 0 Å². The maximum absolute atomic E-state index is 11.5. The SMILES string of the molecule is CCOC(=O)NC1CC(CC(O)CC)CN(CCO)C1. The zero-order valence-corrected chi connectivity index (χ0v) is 12.5. The van der Waals surface area contributed by atoms with E-state index in [0.717, 1.165) is 32.4 Å². The second-order valence-electron chi connectivity index (χ2n) is 5.44. The van der Waals surface area contributed by atoms with Crippen LogP contribution in [0.4, 0.5) is 4.79 Å². The van der Waals surface area contributed by atoms with Crippen molar-refractivity contribution in [1.82, 2.24) is 10.2 Å². The number of aliphatic hydroxyl groups is 2. The molecule has 0 aromatic heterocycles. The topological polar surface area (TPSA) is 82.0 Å². The quantitative estimate of drug-likeness (QED) is 0.638. The monoisotopic (exact) mass is 288 g/mol. The van der Waals surface area contributed by atoms with Crippen LogP contribution in [0.25, 0.3) is 0 Å². The minimum Gasteiger partial charge on any atom is -0.450 e. The molecule has 3 N–H and O–H groups in total. The van der Waals surface area contributed by atoms with Crippen LogP contribution in [0.2, 0.25) is 0 Å². The summed E-state index contributed by atoms with van der Waals surface area (Å²) in [7, 11) is 0.